The molecule has 5 rings (SSSR count). The molecule has 1 aromatic carbocycles. The van der Waals surface area contributed by atoms with Crippen molar-refractivity contribution in [1.29, 1.82) is 0 Å². The lowest BCUT2D eigenvalue weighted by molar-refractivity contribution is -0.123. The minimum Gasteiger partial charge on any atom is -0.481 e. The van der Waals surface area contributed by atoms with Crippen molar-refractivity contribution in [2.24, 2.45) is 0 Å². The molecule has 0 unspecified atom stereocenters. The van der Waals surface area contributed by atoms with Gasteiger partial charge in [0.1, 0.15) is 17.4 Å². The summed E-state index contributed by atoms with van der Waals surface area (Å²) in [7, 11) is -0.987. The minimum absolute atomic E-state index is 0.0568. The first kappa shape index (κ1) is 23.8. The summed E-state index contributed by atoms with van der Waals surface area (Å²) in [5.74, 6) is 0.156. The maximum atomic E-state index is 15.3. The summed E-state index contributed by atoms with van der Waals surface area (Å²) >= 11 is 0. The Balaban J connectivity index is 1.42. The zero-order chi connectivity index (χ0) is 25.1. The van der Waals surface area contributed by atoms with E-state index >= 15 is 4.39 Å². The highest BCUT2D eigenvalue weighted by molar-refractivity contribution is 7.51. The van der Waals surface area contributed by atoms with Crippen LogP contribution in [-0.2, 0) is 21.2 Å². The Kier molecular flexibility index (Phi) is 5.65. The number of piperidine rings is 1. The van der Waals surface area contributed by atoms with Crippen LogP contribution in [0.15, 0.2) is 16.9 Å². The number of nitrogens with zero attached hydrogens (tertiary/aromatic N) is 4. The Labute approximate surface area is 200 Å². The maximum absolute atomic E-state index is 15.3. The molecular formula is C22H27FN5O6P. The summed E-state index contributed by atoms with van der Waals surface area (Å²) in [6.07, 6.45) is 1.33. The third kappa shape index (κ3) is 3.99. The van der Waals surface area contributed by atoms with Gasteiger partial charge in [-0.25, -0.2) is 4.39 Å². The van der Waals surface area contributed by atoms with E-state index in [1.165, 1.54) is 11.0 Å². The quantitative estimate of drug-likeness (QED) is 0.523. The van der Waals surface area contributed by atoms with E-state index in [9.17, 15) is 14.2 Å². The Morgan fingerprint density at radius 1 is 1.20 bits per heavy atom. The molecule has 3 aliphatic rings. The third-order valence-corrected chi connectivity index (χ3v) is 7.64. The van der Waals surface area contributed by atoms with Crippen molar-refractivity contribution in [3.63, 3.8) is 0 Å². The van der Waals surface area contributed by atoms with Crippen molar-refractivity contribution in [2.45, 2.75) is 31.1 Å². The number of H-pyrrole nitrogens is 1. The van der Waals surface area contributed by atoms with Crippen LogP contribution in [0.4, 0.5) is 21.8 Å². The van der Waals surface area contributed by atoms with E-state index in [1.54, 1.807) is 7.05 Å². The predicted molar refractivity (Wildman–Crippen MR) is 127 cm³/mol. The third-order valence-electron chi connectivity index (χ3n) is 7.18. The molecule has 4 heterocycles. The summed E-state index contributed by atoms with van der Waals surface area (Å²) in [4.78, 5) is 56.9. The average molecular weight is 507 g/mol. The number of fused-ring (bicyclic) bond motifs is 3. The first-order valence-electron chi connectivity index (χ1n) is 11.4. The molecule has 1 spiro atoms. The topological polar surface area (TPSA) is 139 Å². The van der Waals surface area contributed by atoms with E-state index in [4.69, 9.17) is 14.5 Å². The van der Waals surface area contributed by atoms with Crippen LogP contribution in [0.1, 0.15) is 30.4 Å². The lowest BCUT2D eigenvalue weighted by Gasteiger charge is -2.39. The predicted octanol–water partition coefficient (Wildman–Crippen LogP) is 1.32. The fraction of sp³-hybridized carbons (Fsp3) is 0.500. The van der Waals surface area contributed by atoms with E-state index in [1.807, 2.05) is 16.8 Å². The molecule has 1 aromatic heterocycles. The minimum atomic E-state index is -4.44. The number of rotatable bonds is 4. The first-order valence-corrected chi connectivity index (χ1v) is 13.2. The maximum Gasteiger partial charge on any atom is 0.362 e. The number of ether oxygens (including phenoxy) is 1. The van der Waals surface area contributed by atoms with Crippen LogP contribution >= 0.6 is 7.60 Å². The summed E-state index contributed by atoms with van der Waals surface area (Å²) in [6, 6.07) is 2.50. The van der Waals surface area contributed by atoms with E-state index in [0.717, 1.165) is 19.0 Å². The fourth-order valence-corrected chi connectivity index (χ4v) is 5.73. The first-order chi connectivity index (χ1) is 16.5. The van der Waals surface area contributed by atoms with Gasteiger partial charge in [-0.3, -0.25) is 19.1 Å². The highest BCUT2D eigenvalue weighted by Crippen LogP contribution is 2.50. The van der Waals surface area contributed by atoms with Gasteiger partial charge in [0, 0.05) is 51.4 Å². The van der Waals surface area contributed by atoms with Crippen molar-refractivity contribution in [2.75, 3.05) is 54.8 Å². The molecule has 188 valence electrons. The van der Waals surface area contributed by atoms with Gasteiger partial charge in [0.2, 0.25) is 11.9 Å². The second-order valence-corrected chi connectivity index (χ2v) is 11.0. The number of anilines is 3. The summed E-state index contributed by atoms with van der Waals surface area (Å²) < 4.78 is 31.5. The number of nitrogens with one attached hydrogen (secondary N) is 1. The van der Waals surface area contributed by atoms with Gasteiger partial charge in [0.05, 0.1) is 16.7 Å². The molecule has 0 radical (unpaired) electrons. The molecule has 1 amide bonds. The number of hydrogen-bond donors (Lipinski definition) is 3. The number of aromatic amines is 1. The molecule has 1 fully saturated rings. The smallest absolute Gasteiger partial charge is 0.362 e. The molecule has 2 aromatic rings. The van der Waals surface area contributed by atoms with Crippen molar-refractivity contribution < 1.29 is 28.3 Å². The lowest BCUT2D eigenvalue weighted by Crippen LogP contribution is -2.49. The average Bonchev–Trinajstić information content (AvgIpc) is 3.00. The Morgan fingerprint density at radius 3 is 2.60 bits per heavy atom. The second kappa shape index (κ2) is 8.32. The molecule has 35 heavy (non-hydrogen) atoms. The van der Waals surface area contributed by atoms with Gasteiger partial charge in [-0.15, -0.1) is 0 Å². The van der Waals surface area contributed by atoms with E-state index in [0.29, 0.717) is 55.4 Å². The van der Waals surface area contributed by atoms with Gasteiger partial charge in [-0.1, -0.05) is 0 Å². The molecule has 3 aliphatic heterocycles. The summed E-state index contributed by atoms with van der Waals surface area (Å²) in [5, 5.41) is 0. The molecule has 1 saturated heterocycles. The number of likely N-dealkylation sites (N-methyl/N-ethyl adjacent to an activating group) is 1. The zero-order valence-corrected chi connectivity index (χ0v) is 20.3. The molecule has 0 bridgehead atoms. The van der Waals surface area contributed by atoms with Gasteiger partial charge in [-0.05, 0) is 25.7 Å². The van der Waals surface area contributed by atoms with Gasteiger partial charge in [-0.2, -0.15) is 4.98 Å². The van der Waals surface area contributed by atoms with Crippen molar-refractivity contribution in [3.05, 3.63) is 39.4 Å². The number of amides is 1. The highest BCUT2D eigenvalue weighted by Gasteiger charge is 2.53. The van der Waals surface area contributed by atoms with Crippen LogP contribution in [0.3, 0.4) is 0 Å². The Bertz CT molecular complexity index is 1300. The Hall–Kier alpha value is -2.95. The zero-order valence-electron chi connectivity index (χ0n) is 19.5. The number of carbonyl (C=O) groups excluding carboxylic acids is 1. The van der Waals surface area contributed by atoms with Gasteiger partial charge in [0.15, 0.2) is 6.35 Å². The standard InChI is InChI=1S/C22H27FN5O6P/c1-26-7-3-4-14-18(26)24-21(25-19(14)29)28-8-5-22(6-9-28)17-15(23)10-13(34-12-35(31,32)33)11-16(17)27(2)20(22)30/h10-11H,3-9,12H2,1-2H3,(H,24,25,29)(H2,31,32,33). The molecule has 0 aliphatic carbocycles. The number of hydrogen-bond acceptors (Lipinski definition) is 7. The molecular weight excluding hydrogens is 480 g/mol. The van der Waals surface area contributed by atoms with Crippen LogP contribution in [0, 0.1) is 5.82 Å². The Morgan fingerprint density at radius 2 is 1.91 bits per heavy atom. The lowest BCUT2D eigenvalue weighted by atomic mass is 9.73. The number of benzene rings is 1. The summed E-state index contributed by atoms with van der Waals surface area (Å²) in [5.41, 5.74) is 0.0348. The van der Waals surface area contributed by atoms with Crippen molar-refractivity contribution in [3.8, 4) is 5.75 Å². The highest BCUT2D eigenvalue weighted by atomic mass is 31.2. The van der Waals surface area contributed by atoms with Crippen molar-refractivity contribution in [1.82, 2.24) is 9.97 Å². The largest absolute Gasteiger partial charge is 0.481 e. The van der Waals surface area contributed by atoms with E-state index in [-0.39, 0.29) is 22.8 Å². The number of halogens is 1. The van der Waals surface area contributed by atoms with E-state index < -0.39 is 25.2 Å². The SMILES string of the molecule is CN1CCCc2c1nc(N1CCC3(CC1)C(=O)N(C)c1cc(OCP(=O)(O)O)cc(F)c13)[nH]c2=O. The molecule has 0 saturated carbocycles. The van der Waals surface area contributed by atoms with Gasteiger partial charge >= 0.3 is 7.60 Å². The molecule has 11 nitrogen and oxygen atoms in total. The summed E-state index contributed by atoms with van der Waals surface area (Å²) in [6.45, 7) is 1.60. The van der Waals surface area contributed by atoms with Gasteiger partial charge in [0.25, 0.3) is 5.56 Å². The normalized spacial score (nSPS) is 19.2. The molecule has 3 N–H and O–H groups in total. The van der Waals surface area contributed by atoms with Crippen LogP contribution in [0.25, 0.3) is 0 Å². The van der Waals surface area contributed by atoms with Crippen LogP contribution < -0.4 is 25.0 Å². The van der Waals surface area contributed by atoms with Gasteiger partial charge < -0.3 is 29.2 Å². The molecule has 13 heteroatoms. The monoisotopic (exact) mass is 507 g/mol. The van der Waals surface area contributed by atoms with Crippen LogP contribution in [0.2, 0.25) is 0 Å². The van der Waals surface area contributed by atoms with E-state index in [2.05, 4.69) is 9.97 Å². The fourth-order valence-electron chi connectivity index (χ4n) is 5.41. The number of carbonyl (C=O) groups is 1. The van der Waals surface area contributed by atoms with Crippen LogP contribution in [-0.4, -0.2) is 65.7 Å². The number of aromatic nitrogens is 2. The molecule has 0 atom stereocenters. The second-order valence-electron chi connectivity index (χ2n) is 9.39. The van der Waals surface area contributed by atoms with Crippen LogP contribution in [0.5, 0.6) is 5.75 Å². The van der Waals surface area contributed by atoms with Crippen molar-refractivity contribution >= 4 is 31.0 Å².